The Morgan fingerprint density at radius 1 is 1.19 bits per heavy atom. The topological polar surface area (TPSA) is 65.0 Å². The van der Waals surface area contributed by atoms with Crippen LogP contribution in [0, 0.1) is 0 Å². The summed E-state index contributed by atoms with van der Waals surface area (Å²) in [5, 5.41) is 11.1. The third-order valence-corrected chi connectivity index (χ3v) is 2.53. The summed E-state index contributed by atoms with van der Waals surface area (Å²) in [5.41, 5.74) is 0.938. The summed E-state index contributed by atoms with van der Waals surface area (Å²) in [6.07, 6.45) is 2.40. The van der Waals surface area contributed by atoms with Gasteiger partial charge in [-0.25, -0.2) is 0 Å². The van der Waals surface area contributed by atoms with Gasteiger partial charge < -0.3 is 9.05 Å². The van der Waals surface area contributed by atoms with Crippen molar-refractivity contribution in [3.05, 3.63) is 29.5 Å². The Hall–Kier alpha value is -1.65. The van der Waals surface area contributed by atoms with Crippen molar-refractivity contribution in [2.45, 2.75) is 39.0 Å². The van der Waals surface area contributed by atoms with Gasteiger partial charge in [0.05, 0.1) is 11.9 Å². The first-order valence-corrected chi connectivity index (χ1v) is 5.39. The molecule has 0 fully saturated rings. The quantitative estimate of drug-likeness (QED) is 0.793. The maximum absolute atomic E-state index is 5.23. The molecule has 0 aliphatic carbocycles. The molecule has 0 aliphatic heterocycles. The lowest BCUT2D eigenvalue weighted by atomic mass is 10.0. The van der Waals surface area contributed by atoms with Gasteiger partial charge in [-0.05, 0) is 0 Å². The molecule has 1 atom stereocenters. The fourth-order valence-electron chi connectivity index (χ4n) is 1.50. The Balaban J connectivity index is 2.03. The Kier molecular flexibility index (Phi) is 3.03. The Labute approximate surface area is 93.8 Å². The normalized spacial score (nSPS) is 13.2. The molecule has 5 nitrogen and oxygen atoms in total. The highest BCUT2D eigenvalue weighted by Gasteiger charge is 2.15. The van der Waals surface area contributed by atoms with Gasteiger partial charge in [-0.1, -0.05) is 25.9 Å². The third-order valence-electron chi connectivity index (χ3n) is 2.53. The molecule has 0 radical (unpaired) electrons. The first-order valence-electron chi connectivity index (χ1n) is 5.39. The van der Waals surface area contributed by atoms with Crippen LogP contribution in [0.25, 0.3) is 0 Å². The molecule has 1 unspecified atom stereocenters. The average molecular weight is 221 g/mol. The zero-order valence-electron chi connectivity index (χ0n) is 9.67. The minimum absolute atomic E-state index is 0.208. The van der Waals surface area contributed by atoms with E-state index in [0.29, 0.717) is 5.92 Å². The van der Waals surface area contributed by atoms with Crippen molar-refractivity contribution in [3.63, 3.8) is 0 Å². The lowest BCUT2D eigenvalue weighted by Gasteiger charge is -2.02. The van der Waals surface area contributed by atoms with Gasteiger partial charge in [0.25, 0.3) is 0 Å². The minimum Gasteiger partial charge on any atom is -0.361 e. The van der Waals surface area contributed by atoms with Gasteiger partial charge in [-0.3, -0.25) is 0 Å². The summed E-state index contributed by atoms with van der Waals surface area (Å²) in [6.45, 7) is 6.20. The molecule has 2 aromatic rings. The number of nitrogens with zero attached hydrogens (tertiary/aromatic N) is 3. The van der Waals surface area contributed by atoms with Gasteiger partial charge in [0.1, 0.15) is 5.76 Å². The molecule has 2 heterocycles. The summed E-state index contributed by atoms with van der Waals surface area (Å²) in [4.78, 5) is 0. The first kappa shape index (κ1) is 10.9. The van der Waals surface area contributed by atoms with E-state index in [1.54, 1.807) is 6.20 Å². The summed E-state index contributed by atoms with van der Waals surface area (Å²) in [5.74, 6) is 2.26. The number of aromatic nitrogens is 3. The van der Waals surface area contributed by atoms with Crippen LogP contribution in [0.4, 0.5) is 0 Å². The van der Waals surface area contributed by atoms with E-state index in [-0.39, 0.29) is 5.92 Å². The lowest BCUT2D eigenvalue weighted by Crippen LogP contribution is -1.97. The molecule has 0 amide bonds. The summed E-state index contributed by atoms with van der Waals surface area (Å²) < 4.78 is 10.2. The van der Waals surface area contributed by atoms with E-state index in [2.05, 4.69) is 29.4 Å². The highest BCUT2D eigenvalue weighted by Crippen LogP contribution is 2.21. The van der Waals surface area contributed by atoms with Gasteiger partial charge in [0.2, 0.25) is 0 Å². The summed E-state index contributed by atoms with van der Waals surface area (Å²) >= 11 is 0. The fourth-order valence-corrected chi connectivity index (χ4v) is 1.50. The molecule has 0 bridgehead atoms. The molecule has 0 aromatic carbocycles. The third kappa shape index (κ3) is 2.29. The van der Waals surface area contributed by atoms with E-state index in [0.717, 1.165) is 23.6 Å². The largest absolute Gasteiger partial charge is 0.361 e. The highest BCUT2D eigenvalue weighted by atomic mass is 16.5. The van der Waals surface area contributed by atoms with Crippen LogP contribution in [0.3, 0.4) is 0 Å². The highest BCUT2D eigenvalue weighted by molar-refractivity contribution is 5.11. The smallest absolute Gasteiger partial charge is 0.160 e. The van der Waals surface area contributed by atoms with Crippen molar-refractivity contribution < 1.29 is 9.05 Å². The van der Waals surface area contributed by atoms with Crippen LogP contribution in [0.2, 0.25) is 0 Å². The summed E-state index contributed by atoms with van der Waals surface area (Å²) in [6, 6.07) is 1.99. The van der Waals surface area contributed by atoms with E-state index in [9.17, 15) is 0 Å². The number of rotatable bonds is 4. The minimum atomic E-state index is 0.208. The zero-order chi connectivity index (χ0) is 11.5. The molecule has 16 heavy (non-hydrogen) atoms. The molecule has 5 heteroatoms. The average Bonchev–Trinajstić information content (AvgIpc) is 2.87. The molecule has 2 rings (SSSR count). The van der Waals surface area contributed by atoms with Gasteiger partial charge in [0.15, 0.2) is 5.76 Å². The van der Waals surface area contributed by atoms with Crippen LogP contribution in [0.15, 0.2) is 21.3 Å². The second-order valence-electron chi connectivity index (χ2n) is 4.30. The van der Waals surface area contributed by atoms with E-state index < -0.39 is 0 Å². The van der Waals surface area contributed by atoms with Crippen molar-refractivity contribution in [2.75, 3.05) is 0 Å². The number of hydrogen-bond donors (Lipinski definition) is 0. The van der Waals surface area contributed by atoms with Crippen LogP contribution in [0.1, 0.15) is 49.8 Å². The second-order valence-corrected chi connectivity index (χ2v) is 4.30. The Bertz CT molecular complexity index is 434. The predicted molar refractivity (Wildman–Crippen MR) is 57.0 cm³/mol. The molecule has 0 aliphatic rings. The molecule has 2 aromatic heterocycles. The van der Waals surface area contributed by atoms with E-state index in [4.69, 9.17) is 9.05 Å². The number of hydrogen-bond acceptors (Lipinski definition) is 5. The van der Waals surface area contributed by atoms with Crippen molar-refractivity contribution >= 4 is 0 Å². The maximum Gasteiger partial charge on any atom is 0.160 e. The second kappa shape index (κ2) is 4.47. The fraction of sp³-hybridized carbons (Fsp3) is 0.545. The molecule has 0 N–H and O–H groups in total. The lowest BCUT2D eigenvalue weighted by molar-refractivity contribution is 0.341. The SMILES string of the molecule is CC(C)c1cc(CC(C)c2cnno2)no1. The Morgan fingerprint density at radius 2 is 2.00 bits per heavy atom. The molecule has 0 saturated carbocycles. The van der Waals surface area contributed by atoms with Crippen LogP contribution >= 0.6 is 0 Å². The van der Waals surface area contributed by atoms with Gasteiger partial charge in [-0.15, -0.1) is 5.10 Å². The molecule has 86 valence electrons. The van der Waals surface area contributed by atoms with E-state index in [1.807, 2.05) is 13.0 Å². The van der Waals surface area contributed by atoms with Crippen molar-refractivity contribution in [1.82, 2.24) is 15.5 Å². The van der Waals surface area contributed by atoms with Crippen LogP contribution in [-0.2, 0) is 6.42 Å². The molecule has 0 saturated heterocycles. The summed E-state index contributed by atoms with van der Waals surface area (Å²) in [7, 11) is 0. The molecule has 0 spiro atoms. The first-order chi connectivity index (χ1) is 7.66. The van der Waals surface area contributed by atoms with Gasteiger partial charge in [0, 0.05) is 29.6 Å². The van der Waals surface area contributed by atoms with Crippen LogP contribution in [0.5, 0.6) is 0 Å². The van der Waals surface area contributed by atoms with E-state index in [1.165, 1.54) is 0 Å². The van der Waals surface area contributed by atoms with E-state index >= 15 is 0 Å². The molecular weight excluding hydrogens is 206 g/mol. The van der Waals surface area contributed by atoms with Crippen molar-refractivity contribution in [3.8, 4) is 0 Å². The molecular formula is C11H15N3O2. The van der Waals surface area contributed by atoms with Gasteiger partial charge in [-0.2, -0.15) is 0 Å². The van der Waals surface area contributed by atoms with Crippen molar-refractivity contribution in [1.29, 1.82) is 0 Å². The van der Waals surface area contributed by atoms with Crippen LogP contribution in [-0.4, -0.2) is 15.5 Å². The van der Waals surface area contributed by atoms with Crippen molar-refractivity contribution in [2.24, 2.45) is 0 Å². The Morgan fingerprint density at radius 3 is 2.56 bits per heavy atom. The maximum atomic E-state index is 5.23. The van der Waals surface area contributed by atoms with Crippen LogP contribution < -0.4 is 0 Å². The zero-order valence-corrected chi connectivity index (χ0v) is 9.67. The predicted octanol–water partition coefficient (Wildman–Crippen LogP) is 2.53. The van der Waals surface area contributed by atoms with Gasteiger partial charge >= 0.3 is 0 Å². The monoisotopic (exact) mass is 221 g/mol. The standard InChI is InChI=1S/C11H15N3O2/c1-7(2)10-5-9(13-15-10)4-8(3)11-6-12-14-16-11/h5-8H,4H2,1-3H3.